The number of likely N-dealkylation sites (N-methyl/N-ethyl adjacent to an activating group) is 1. The van der Waals surface area contributed by atoms with Crippen LogP contribution in [-0.2, 0) is 10.7 Å². The normalized spacial score (nSPS) is 19.8. The monoisotopic (exact) mass is 254 g/mol. The average Bonchev–Trinajstić information content (AvgIpc) is 2.92. The number of hydrogen-bond donors (Lipinski definition) is 1. The molecule has 1 saturated heterocycles. The Labute approximate surface area is 105 Å². The number of hydrogen-bond acceptors (Lipinski definition) is 2. The van der Waals surface area contributed by atoms with Gasteiger partial charge in [0.15, 0.2) is 0 Å². The van der Waals surface area contributed by atoms with E-state index in [1.807, 2.05) is 0 Å². The van der Waals surface area contributed by atoms with Crippen LogP contribution in [0.4, 0.5) is 8.78 Å². The first-order chi connectivity index (χ1) is 8.53. The number of rotatable bonds is 3. The lowest BCUT2D eigenvalue weighted by molar-refractivity contribution is -0.159. The molecule has 1 aliphatic heterocycles. The number of carbonyl (C=O) groups excluding carboxylic acids is 1. The third-order valence-electron chi connectivity index (χ3n) is 3.31. The topological polar surface area (TPSA) is 32.3 Å². The summed E-state index contributed by atoms with van der Waals surface area (Å²) in [7, 11) is 1.44. The lowest BCUT2D eigenvalue weighted by Crippen LogP contribution is -2.45. The van der Waals surface area contributed by atoms with Crippen molar-refractivity contribution in [3.8, 4) is 0 Å². The molecule has 5 heteroatoms. The van der Waals surface area contributed by atoms with Crippen molar-refractivity contribution in [1.29, 1.82) is 0 Å². The number of alkyl halides is 2. The quantitative estimate of drug-likeness (QED) is 0.888. The number of halogens is 2. The van der Waals surface area contributed by atoms with Gasteiger partial charge in [-0.2, -0.15) is 8.78 Å². The fourth-order valence-corrected chi connectivity index (χ4v) is 2.13. The van der Waals surface area contributed by atoms with Crippen molar-refractivity contribution >= 4 is 5.91 Å². The Morgan fingerprint density at radius 1 is 1.39 bits per heavy atom. The van der Waals surface area contributed by atoms with Gasteiger partial charge >= 0.3 is 5.92 Å². The summed E-state index contributed by atoms with van der Waals surface area (Å²) in [5.74, 6) is -4.60. The minimum Gasteiger partial charge on any atom is -0.336 e. The maximum Gasteiger partial charge on any atom is 0.349 e. The third-order valence-corrected chi connectivity index (χ3v) is 3.31. The molecule has 0 spiro atoms. The van der Waals surface area contributed by atoms with E-state index in [1.54, 1.807) is 6.07 Å². The molecular formula is C13H16F2N2O. The Kier molecular flexibility index (Phi) is 3.61. The van der Waals surface area contributed by atoms with Crippen LogP contribution in [-0.4, -0.2) is 37.0 Å². The molecule has 0 aliphatic carbocycles. The van der Waals surface area contributed by atoms with Crippen molar-refractivity contribution in [2.75, 3.05) is 20.1 Å². The summed E-state index contributed by atoms with van der Waals surface area (Å²) in [4.78, 5) is 13.1. The van der Waals surface area contributed by atoms with Gasteiger partial charge in [0.1, 0.15) is 0 Å². The zero-order valence-electron chi connectivity index (χ0n) is 10.2. The minimum atomic E-state index is -3.46. The molecular weight excluding hydrogens is 238 g/mol. The number of nitrogens with zero attached hydrogens (tertiary/aromatic N) is 1. The Balaban J connectivity index is 2.16. The van der Waals surface area contributed by atoms with Crippen molar-refractivity contribution in [2.24, 2.45) is 0 Å². The van der Waals surface area contributed by atoms with Crippen molar-refractivity contribution in [2.45, 2.75) is 18.4 Å². The minimum absolute atomic E-state index is 0.146. The summed E-state index contributed by atoms with van der Waals surface area (Å²) < 4.78 is 28.1. The highest BCUT2D eigenvalue weighted by Crippen LogP contribution is 2.30. The van der Waals surface area contributed by atoms with E-state index in [1.165, 1.54) is 31.3 Å². The Bertz CT molecular complexity index is 416. The molecule has 3 nitrogen and oxygen atoms in total. The zero-order valence-corrected chi connectivity index (χ0v) is 10.2. The van der Waals surface area contributed by atoms with E-state index in [-0.39, 0.29) is 11.6 Å². The Hall–Kier alpha value is -1.49. The summed E-state index contributed by atoms with van der Waals surface area (Å²) >= 11 is 0. The molecule has 1 unspecified atom stereocenters. The Morgan fingerprint density at radius 3 is 2.61 bits per heavy atom. The summed E-state index contributed by atoms with van der Waals surface area (Å²) in [6.45, 7) is 1.34. The van der Waals surface area contributed by atoms with Gasteiger partial charge in [-0.1, -0.05) is 30.3 Å². The first-order valence-corrected chi connectivity index (χ1v) is 5.95. The molecule has 1 N–H and O–H groups in total. The van der Waals surface area contributed by atoms with Crippen molar-refractivity contribution in [3.63, 3.8) is 0 Å². The second-order valence-electron chi connectivity index (χ2n) is 4.50. The second kappa shape index (κ2) is 5.02. The van der Waals surface area contributed by atoms with Crippen LogP contribution in [0.25, 0.3) is 0 Å². The van der Waals surface area contributed by atoms with Gasteiger partial charge in [0.05, 0.1) is 0 Å². The van der Waals surface area contributed by atoms with E-state index in [9.17, 15) is 13.6 Å². The van der Waals surface area contributed by atoms with E-state index in [2.05, 4.69) is 5.32 Å². The number of carbonyl (C=O) groups is 1. The van der Waals surface area contributed by atoms with Gasteiger partial charge < -0.3 is 10.2 Å². The van der Waals surface area contributed by atoms with Crippen molar-refractivity contribution in [3.05, 3.63) is 35.9 Å². The molecule has 0 saturated carbocycles. The maximum absolute atomic E-state index is 14.0. The fourth-order valence-electron chi connectivity index (χ4n) is 2.13. The van der Waals surface area contributed by atoms with Crippen LogP contribution in [0.5, 0.6) is 0 Å². The van der Waals surface area contributed by atoms with Crippen molar-refractivity contribution in [1.82, 2.24) is 10.2 Å². The summed E-state index contributed by atoms with van der Waals surface area (Å²) in [6.07, 6.45) is 0.715. The van der Waals surface area contributed by atoms with E-state index >= 15 is 0 Å². The highest BCUT2D eigenvalue weighted by Gasteiger charge is 2.44. The second-order valence-corrected chi connectivity index (χ2v) is 4.50. The molecule has 0 radical (unpaired) electrons. The van der Waals surface area contributed by atoms with Crippen LogP contribution < -0.4 is 5.32 Å². The van der Waals surface area contributed by atoms with Gasteiger partial charge in [0, 0.05) is 25.2 Å². The lowest BCUT2D eigenvalue weighted by atomic mass is 10.1. The number of nitrogens with one attached hydrogen (secondary N) is 1. The molecule has 1 aliphatic rings. The summed E-state index contributed by atoms with van der Waals surface area (Å²) in [5, 5.41) is 3.06. The molecule has 0 bridgehead atoms. The molecule has 1 fully saturated rings. The van der Waals surface area contributed by atoms with Gasteiger partial charge in [-0.15, -0.1) is 0 Å². The smallest absolute Gasteiger partial charge is 0.336 e. The van der Waals surface area contributed by atoms with Crippen LogP contribution >= 0.6 is 0 Å². The average molecular weight is 254 g/mol. The van der Waals surface area contributed by atoms with Crippen molar-refractivity contribution < 1.29 is 13.6 Å². The van der Waals surface area contributed by atoms with Crippen LogP contribution in [0.15, 0.2) is 30.3 Å². The van der Waals surface area contributed by atoms with Gasteiger partial charge in [-0.25, -0.2) is 0 Å². The first-order valence-electron chi connectivity index (χ1n) is 5.95. The number of amides is 1. The summed E-state index contributed by atoms with van der Waals surface area (Å²) in [6, 6.07) is 7.07. The van der Waals surface area contributed by atoms with E-state index in [0.717, 1.165) is 11.4 Å². The molecule has 1 amide bonds. The maximum atomic E-state index is 14.0. The third kappa shape index (κ3) is 2.36. The van der Waals surface area contributed by atoms with Gasteiger partial charge in [-0.05, 0) is 13.0 Å². The Morgan fingerprint density at radius 2 is 2.06 bits per heavy atom. The molecule has 2 rings (SSSR count). The van der Waals surface area contributed by atoms with Crippen LogP contribution in [0.2, 0.25) is 0 Å². The molecule has 1 aromatic rings. The van der Waals surface area contributed by atoms with Gasteiger partial charge in [-0.3, -0.25) is 4.79 Å². The molecule has 1 heterocycles. The van der Waals surface area contributed by atoms with Crippen LogP contribution in [0, 0.1) is 0 Å². The first kappa shape index (κ1) is 13.0. The van der Waals surface area contributed by atoms with Crippen LogP contribution in [0.3, 0.4) is 0 Å². The zero-order chi connectivity index (χ0) is 13.2. The number of benzene rings is 1. The standard InChI is InChI=1S/C13H16F2N2O/c1-17(11-7-8-16-9-11)12(18)13(14,15)10-5-3-2-4-6-10/h2-6,11,16H,7-9H2,1H3. The van der Waals surface area contributed by atoms with E-state index in [4.69, 9.17) is 0 Å². The predicted molar refractivity (Wildman–Crippen MR) is 64.4 cm³/mol. The van der Waals surface area contributed by atoms with Gasteiger partial charge in [0.2, 0.25) is 0 Å². The molecule has 98 valence electrons. The molecule has 18 heavy (non-hydrogen) atoms. The largest absolute Gasteiger partial charge is 0.349 e. The van der Waals surface area contributed by atoms with Crippen LogP contribution in [0.1, 0.15) is 12.0 Å². The molecule has 0 aromatic heterocycles. The lowest BCUT2D eigenvalue weighted by Gasteiger charge is -2.28. The van der Waals surface area contributed by atoms with E-state index < -0.39 is 11.8 Å². The molecule has 1 aromatic carbocycles. The van der Waals surface area contributed by atoms with Gasteiger partial charge in [0.25, 0.3) is 5.91 Å². The highest BCUT2D eigenvalue weighted by atomic mass is 19.3. The fraction of sp³-hybridized carbons (Fsp3) is 0.462. The van der Waals surface area contributed by atoms with E-state index in [0.29, 0.717) is 13.0 Å². The predicted octanol–water partition coefficient (Wildman–Crippen LogP) is 1.60. The SMILES string of the molecule is CN(C(=O)C(F)(F)c1ccccc1)C1CCNC1. The molecule has 1 atom stereocenters. The highest BCUT2D eigenvalue weighted by molar-refractivity contribution is 5.85. The summed E-state index contributed by atoms with van der Waals surface area (Å²) in [5.41, 5.74) is -0.257.